The van der Waals surface area contributed by atoms with Crippen LogP contribution in [0.2, 0.25) is 0 Å². The molecule has 76 valence electrons. The molecule has 0 heterocycles. The molecule has 0 aliphatic rings. The second kappa shape index (κ2) is 4.80. The Morgan fingerprint density at radius 2 is 1.79 bits per heavy atom. The molecule has 0 aliphatic heterocycles. The van der Waals surface area contributed by atoms with Gasteiger partial charge in [-0.1, -0.05) is 29.3 Å². The van der Waals surface area contributed by atoms with Gasteiger partial charge in [-0.3, -0.25) is 4.79 Å². The van der Waals surface area contributed by atoms with Gasteiger partial charge in [-0.15, -0.1) is 0 Å². The van der Waals surface area contributed by atoms with Crippen molar-refractivity contribution in [2.45, 2.75) is 33.1 Å². The van der Waals surface area contributed by atoms with Gasteiger partial charge in [0.05, 0.1) is 0 Å². The summed E-state index contributed by atoms with van der Waals surface area (Å²) in [5.74, 6) is -0.214. The topological polar surface area (TPSA) is 43.1 Å². The number of benzene rings is 1. The number of hydrogen-bond donors (Lipinski definition) is 1. The largest absolute Gasteiger partial charge is 0.370 e. The van der Waals surface area contributed by atoms with Crippen LogP contribution >= 0.6 is 0 Å². The van der Waals surface area contributed by atoms with E-state index in [0.29, 0.717) is 6.42 Å². The van der Waals surface area contributed by atoms with Crippen LogP contribution < -0.4 is 5.73 Å². The quantitative estimate of drug-likeness (QED) is 0.778. The van der Waals surface area contributed by atoms with E-state index in [1.54, 1.807) is 0 Å². The SMILES string of the molecule is Cc1cc(C)cc(CCCC(N)=O)c1. The summed E-state index contributed by atoms with van der Waals surface area (Å²) < 4.78 is 0. The Kier molecular flexibility index (Phi) is 3.69. The molecule has 0 radical (unpaired) electrons. The molecular weight excluding hydrogens is 174 g/mol. The van der Waals surface area contributed by atoms with Crippen LogP contribution in [-0.2, 0) is 11.2 Å². The van der Waals surface area contributed by atoms with Gasteiger partial charge in [-0.2, -0.15) is 0 Å². The molecule has 1 aromatic carbocycles. The maximum absolute atomic E-state index is 10.5. The molecule has 0 bridgehead atoms. The van der Waals surface area contributed by atoms with Gasteiger partial charge in [0, 0.05) is 6.42 Å². The minimum absolute atomic E-state index is 0.214. The van der Waals surface area contributed by atoms with Crippen molar-refractivity contribution in [3.8, 4) is 0 Å². The van der Waals surface area contributed by atoms with Crippen molar-refractivity contribution in [3.05, 3.63) is 34.9 Å². The lowest BCUT2D eigenvalue weighted by atomic mass is 10.0. The smallest absolute Gasteiger partial charge is 0.217 e. The third-order valence-electron chi connectivity index (χ3n) is 2.17. The van der Waals surface area contributed by atoms with E-state index in [1.807, 2.05) is 0 Å². The second-order valence-electron chi connectivity index (χ2n) is 3.82. The van der Waals surface area contributed by atoms with E-state index < -0.39 is 0 Å². The Morgan fingerprint density at radius 3 is 2.29 bits per heavy atom. The number of amides is 1. The maximum Gasteiger partial charge on any atom is 0.217 e. The van der Waals surface area contributed by atoms with E-state index in [0.717, 1.165) is 12.8 Å². The van der Waals surface area contributed by atoms with Gasteiger partial charge >= 0.3 is 0 Å². The van der Waals surface area contributed by atoms with Gasteiger partial charge in [0.25, 0.3) is 0 Å². The summed E-state index contributed by atoms with van der Waals surface area (Å²) in [7, 11) is 0. The highest BCUT2D eigenvalue weighted by Crippen LogP contribution is 2.11. The molecule has 1 aromatic rings. The van der Waals surface area contributed by atoms with E-state index in [2.05, 4.69) is 32.0 Å². The van der Waals surface area contributed by atoms with Crippen LogP contribution in [0.15, 0.2) is 18.2 Å². The highest BCUT2D eigenvalue weighted by molar-refractivity contribution is 5.73. The van der Waals surface area contributed by atoms with Crippen LogP contribution in [0.3, 0.4) is 0 Å². The molecule has 0 atom stereocenters. The van der Waals surface area contributed by atoms with Crippen LogP contribution in [0.5, 0.6) is 0 Å². The lowest BCUT2D eigenvalue weighted by molar-refractivity contribution is -0.118. The second-order valence-corrected chi connectivity index (χ2v) is 3.82. The van der Waals surface area contributed by atoms with Crippen molar-refractivity contribution < 1.29 is 4.79 Å². The number of primary amides is 1. The Bertz CT molecular complexity index is 311. The minimum Gasteiger partial charge on any atom is -0.370 e. The molecule has 0 spiro atoms. The van der Waals surface area contributed by atoms with Crippen molar-refractivity contribution in [2.75, 3.05) is 0 Å². The van der Waals surface area contributed by atoms with E-state index in [4.69, 9.17) is 5.73 Å². The highest BCUT2D eigenvalue weighted by Gasteiger charge is 1.98. The average Bonchev–Trinajstić information content (AvgIpc) is 2.01. The summed E-state index contributed by atoms with van der Waals surface area (Å²) in [6.45, 7) is 4.18. The molecule has 0 saturated heterocycles. The molecule has 14 heavy (non-hydrogen) atoms. The Balaban J connectivity index is 2.54. The van der Waals surface area contributed by atoms with Gasteiger partial charge in [0.1, 0.15) is 0 Å². The molecule has 0 saturated carbocycles. The third-order valence-corrected chi connectivity index (χ3v) is 2.17. The Hall–Kier alpha value is -1.31. The van der Waals surface area contributed by atoms with E-state index in [-0.39, 0.29) is 5.91 Å². The zero-order valence-corrected chi connectivity index (χ0v) is 8.84. The Labute approximate surface area is 85.1 Å². The van der Waals surface area contributed by atoms with Crippen LogP contribution in [0.25, 0.3) is 0 Å². The Morgan fingerprint density at radius 1 is 1.21 bits per heavy atom. The molecule has 1 amide bonds. The van der Waals surface area contributed by atoms with Gasteiger partial charge in [0.15, 0.2) is 0 Å². The van der Waals surface area contributed by atoms with Crippen LogP contribution in [0.1, 0.15) is 29.5 Å². The highest BCUT2D eigenvalue weighted by atomic mass is 16.1. The van der Waals surface area contributed by atoms with Crippen molar-refractivity contribution in [1.82, 2.24) is 0 Å². The normalized spacial score (nSPS) is 10.1. The maximum atomic E-state index is 10.5. The first-order chi connectivity index (χ1) is 6.58. The molecule has 2 N–H and O–H groups in total. The number of carbonyl (C=O) groups is 1. The number of hydrogen-bond acceptors (Lipinski definition) is 1. The monoisotopic (exact) mass is 191 g/mol. The molecule has 0 fully saturated rings. The number of nitrogens with two attached hydrogens (primary N) is 1. The predicted molar refractivity (Wildman–Crippen MR) is 58.0 cm³/mol. The molecule has 0 aliphatic carbocycles. The number of aryl methyl sites for hydroxylation is 3. The zero-order valence-electron chi connectivity index (χ0n) is 8.84. The van der Waals surface area contributed by atoms with Gasteiger partial charge < -0.3 is 5.73 Å². The molecular formula is C12H17NO. The summed E-state index contributed by atoms with van der Waals surface area (Å²) in [4.78, 5) is 10.5. The van der Waals surface area contributed by atoms with Crippen molar-refractivity contribution in [1.29, 1.82) is 0 Å². The first-order valence-electron chi connectivity index (χ1n) is 4.93. The third kappa shape index (κ3) is 3.60. The molecule has 0 unspecified atom stereocenters. The summed E-state index contributed by atoms with van der Waals surface area (Å²) in [5.41, 5.74) is 8.93. The minimum atomic E-state index is -0.214. The summed E-state index contributed by atoms with van der Waals surface area (Å²) in [5, 5.41) is 0. The molecule has 0 aromatic heterocycles. The fraction of sp³-hybridized carbons (Fsp3) is 0.417. The van der Waals surface area contributed by atoms with Crippen LogP contribution in [0.4, 0.5) is 0 Å². The van der Waals surface area contributed by atoms with E-state index in [1.165, 1.54) is 16.7 Å². The summed E-state index contributed by atoms with van der Waals surface area (Å²) >= 11 is 0. The molecule has 2 nitrogen and oxygen atoms in total. The van der Waals surface area contributed by atoms with Crippen LogP contribution in [0, 0.1) is 13.8 Å². The predicted octanol–water partition coefficient (Wildman–Crippen LogP) is 2.11. The van der Waals surface area contributed by atoms with Gasteiger partial charge in [-0.05, 0) is 32.3 Å². The van der Waals surface area contributed by atoms with Gasteiger partial charge in [-0.25, -0.2) is 0 Å². The number of carbonyl (C=O) groups excluding carboxylic acids is 1. The van der Waals surface area contributed by atoms with Crippen molar-refractivity contribution >= 4 is 5.91 Å². The molecule has 1 rings (SSSR count). The summed E-state index contributed by atoms with van der Waals surface area (Å²) in [6, 6.07) is 6.47. The van der Waals surface area contributed by atoms with E-state index in [9.17, 15) is 4.79 Å². The van der Waals surface area contributed by atoms with Crippen molar-refractivity contribution in [2.24, 2.45) is 5.73 Å². The van der Waals surface area contributed by atoms with Crippen LogP contribution in [-0.4, -0.2) is 5.91 Å². The molecule has 2 heteroatoms. The number of rotatable bonds is 4. The van der Waals surface area contributed by atoms with E-state index >= 15 is 0 Å². The first kappa shape index (κ1) is 10.8. The lowest BCUT2D eigenvalue weighted by Gasteiger charge is -2.03. The fourth-order valence-electron chi connectivity index (χ4n) is 1.68. The first-order valence-corrected chi connectivity index (χ1v) is 4.93. The lowest BCUT2D eigenvalue weighted by Crippen LogP contribution is -2.10. The van der Waals surface area contributed by atoms with Crippen molar-refractivity contribution in [3.63, 3.8) is 0 Å². The fourth-order valence-corrected chi connectivity index (χ4v) is 1.68. The zero-order chi connectivity index (χ0) is 10.6. The summed E-state index contributed by atoms with van der Waals surface area (Å²) in [6.07, 6.45) is 2.26. The van der Waals surface area contributed by atoms with Gasteiger partial charge in [0.2, 0.25) is 5.91 Å². The average molecular weight is 191 g/mol. The standard InChI is InChI=1S/C12H17NO/c1-9-6-10(2)8-11(7-9)4-3-5-12(13)14/h6-8H,3-5H2,1-2H3,(H2,13,14).